The van der Waals surface area contributed by atoms with Crippen molar-refractivity contribution in [1.82, 2.24) is 5.32 Å². The molecule has 8 heteroatoms. The van der Waals surface area contributed by atoms with Crippen LogP contribution in [0.15, 0.2) is 0 Å². The van der Waals surface area contributed by atoms with Crippen LogP contribution in [0.1, 0.15) is 61.8 Å². The van der Waals surface area contributed by atoms with Gasteiger partial charge in [0.1, 0.15) is 5.60 Å². The van der Waals surface area contributed by atoms with Gasteiger partial charge in [-0.3, -0.25) is 0 Å². The van der Waals surface area contributed by atoms with Gasteiger partial charge in [-0.05, 0) is 34.1 Å². The fraction of sp³-hybridized carbons (Fsp3) is 0.905. The van der Waals surface area contributed by atoms with Gasteiger partial charge < -0.3 is 29.4 Å². The highest BCUT2D eigenvalue weighted by Crippen LogP contribution is 2.24. The summed E-state index contributed by atoms with van der Waals surface area (Å²) in [5.74, 6) is -0.974. The van der Waals surface area contributed by atoms with Crippen molar-refractivity contribution in [2.75, 3.05) is 39.6 Å². The largest absolute Gasteiger partial charge is 0.479 e. The second-order valence-corrected chi connectivity index (χ2v) is 9.59. The molecule has 0 aromatic heterocycles. The standard InChI is InChI=1S/C21H41NO7/c1-9-21(8,14-26-11-10-22-18(25)29-19(3,4)5)15-27-12-20(6,7)13-28-16(2)17(23)24/h16H,9-15H2,1-8H3,(H,22,25)(H,23,24)/t16-,21?/m0/s1. The molecule has 0 rings (SSSR count). The average Bonchev–Trinajstić information content (AvgIpc) is 2.57. The van der Waals surface area contributed by atoms with E-state index in [2.05, 4.69) is 19.2 Å². The van der Waals surface area contributed by atoms with Crippen LogP contribution in [0.3, 0.4) is 0 Å². The summed E-state index contributed by atoms with van der Waals surface area (Å²) in [5.41, 5.74) is -0.971. The van der Waals surface area contributed by atoms with Crippen LogP contribution in [0.2, 0.25) is 0 Å². The number of carboxylic acids is 1. The van der Waals surface area contributed by atoms with E-state index in [4.69, 9.17) is 24.1 Å². The summed E-state index contributed by atoms with van der Waals surface area (Å²) >= 11 is 0. The maximum Gasteiger partial charge on any atom is 0.407 e. The molecule has 0 saturated heterocycles. The Morgan fingerprint density at radius 3 is 2.07 bits per heavy atom. The van der Waals surface area contributed by atoms with E-state index in [1.807, 2.05) is 34.6 Å². The van der Waals surface area contributed by atoms with Crippen molar-refractivity contribution in [2.45, 2.75) is 73.5 Å². The molecule has 0 aliphatic carbocycles. The summed E-state index contributed by atoms with van der Waals surface area (Å²) in [6.07, 6.45) is -0.415. The van der Waals surface area contributed by atoms with Crippen LogP contribution in [-0.4, -0.2) is 68.5 Å². The fourth-order valence-electron chi connectivity index (χ4n) is 2.14. The van der Waals surface area contributed by atoms with Crippen LogP contribution >= 0.6 is 0 Å². The van der Waals surface area contributed by atoms with Gasteiger partial charge in [0.15, 0.2) is 6.10 Å². The molecule has 0 saturated carbocycles. The number of nitrogens with one attached hydrogen (secondary N) is 1. The summed E-state index contributed by atoms with van der Waals surface area (Å²) in [7, 11) is 0. The molecule has 0 fully saturated rings. The highest BCUT2D eigenvalue weighted by atomic mass is 16.6. The van der Waals surface area contributed by atoms with Crippen LogP contribution in [0.25, 0.3) is 0 Å². The van der Waals surface area contributed by atoms with Gasteiger partial charge in [-0.15, -0.1) is 0 Å². The Kier molecular flexibility index (Phi) is 11.8. The van der Waals surface area contributed by atoms with Gasteiger partial charge in [0, 0.05) is 17.4 Å². The van der Waals surface area contributed by atoms with Crippen molar-refractivity contribution in [3.63, 3.8) is 0 Å². The first-order valence-corrected chi connectivity index (χ1v) is 10.2. The monoisotopic (exact) mass is 419 g/mol. The van der Waals surface area contributed by atoms with Crippen molar-refractivity contribution in [3.05, 3.63) is 0 Å². The molecule has 0 heterocycles. The third kappa shape index (κ3) is 14.3. The lowest BCUT2D eigenvalue weighted by Gasteiger charge is -2.31. The van der Waals surface area contributed by atoms with Crippen molar-refractivity contribution in [3.8, 4) is 0 Å². The molecule has 0 aliphatic rings. The van der Waals surface area contributed by atoms with Gasteiger partial charge in [0.25, 0.3) is 0 Å². The first-order valence-electron chi connectivity index (χ1n) is 10.2. The quantitative estimate of drug-likeness (QED) is 0.415. The second kappa shape index (κ2) is 12.3. The first kappa shape index (κ1) is 27.6. The number of carbonyl (C=O) groups excluding carboxylic acids is 1. The average molecular weight is 420 g/mol. The number of amides is 1. The van der Waals surface area contributed by atoms with Crippen LogP contribution in [0, 0.1) is 10.8 Å². The van der Waals surface area contributed by atoms with Crippen LogP contribution < -0.4 is 5.32 Å². The minimum absolute atomic E-state index is 0.156. The molecule has 0 aromatic rings. The fourth-order valence-corrected chi connectivity index (χ4v) is 2.14. The molecule has 2 N–H and O–H groups in total. The predicted octanol–water partition coefficient (Wildman–Crippen LogP) is 3.48. The topological polar surface area (TPSA) is 103 Å². The van der Waals surface area contributed by atoms with Crippen LogP contribution in [-0.2, 0) is 23.7 Å². The Bertz CT molecular complexity index is 502. The highest BCUT2D eigenvalue weighted by molar-refractivity contribution is 5.71. The lowest BCUT2D eigenvalue weighted by atomic mass is 9.89. The van der Waals surface area contributed by atoms with Gasteiger partial charge in [-0.2, -0.15) is 0 Å². The maximum absolute atomic E-state index is 11.6. The van der Waals surface area contributed by atoms with Gasteiger partial charge in [-0.1, -0.05) is 27.7 Å². The first-order chi connectivity index (χ1) is 13.2. The Morgan fingerprint density at radius 2 is 1.55 bits per heavy atom. The van der Waals surface area contributed by atoms with E-state index in [0.717, 1.165) is 6.42 Å². The molecule has 0 spiro atoms. The van der Waals surface area contributed by atoms with E-state index < -0.39 is 23.8 Å². The SMILES string of the molecule is CCC(C)(COCCNC(=O)OC(C)(C)C)COCC(C)(C)CO[C@@H](C)C(=O)O. The van der Waals surface area contributed by atoms with Gasteiger partial charge in [0.05, 0.1) is 33.0 Å². The third-order valence-corrected chi connectivity index (χ3v) is 4.23. The Morgan fingerprint density at radius 1 is 0.966 bits per heavy atom. The zero-order chi connectivity index (χ0) is 22.7. The number of carboxylic acid groups (broad SMARTS) is 1. The highest BCUT2D eigenvalue weighted by Gasteiger charge is 2.27. The molecule has 1 unspecified atom stereocenters. The summed E-state index contributed by atoms with van der Waals surface area (Å²) in [4.78, 5) is 22.4. The second-order valence-electron chi connectivity index (χ2n) is 9.59. The van der Waals surface area contributed by atoms with Crippen molar-refractivity contribution in [2.24, 2.45) is 10.8 Å². The summed E-state index contributed by atoms with van der Waals surface area (Å²) in [5, 5.41) is 11.6. The van der Waals surface area contributed by atoms with Crippen molar-refractivity contribution >= 4 is 12.1 Å². The minimum Gasteiger partial charge on any atom is -0.479 e. The maximum atomic E-state index is 11.6. The van der Waals surface area contributed by atoms with Gasteiger partial charge in [-0.25, -0.2) is 9.59 Å². The van der Waals surface area contributed by atoms with Gasteiger partial charge in [0.2, 0.25) is 0 Å². The molecule has 29 heavy (non-hydrogen) atoms. The predicted molar refractivity (Wildman–Crippen MR) is 111 cm³/mol. The molecule has 0 aromatic carbocycles. The van der Waals surface area contributed by atoms with E-state index in [1.165, 1.54) is 6.92 Å². The minimum atomic E-state index is -0.974. The lowest BCUT2D eigenvalue weighted by Crippen LogP contribution is -2.36. The summed E-state index contributed by atoms with van der Waals surface area (Å²) in [6.45, 7) is 17.6. The van der Waals surface area contributed by atoms with E-state index in [-0.39, 0.29) is 10.8 Å². The molecule has 1 amide bonds. The number of hydrogen-bond acceptors (Lipinski definition) is 6. The number of aliphatic carboxylic acids is 1. The molecule has 8 nitrogen and oxygen atoms in total. The zero-order valence-electron chi connectivity index (χ0n) is 19.4. The number of ether oxygens (including phenoxy) is 4. The number of carbonyl (C=O) groups is 2. The number of hydrogen-bond donors (Lipinski definition) is 2. The molecular formula is C21H41NO7. The van der Waals surface area contributed by atoms with Crippen molar-refractivity contribution in [1.29, 1.82) is 0 Å². The number of rotatable bonds is 14. The molecule has 172 valence electrons. The van der Waals surface area contributed by atoms with E-state index in [9.17, 15) is 9.59 Å². The van der Waals surface area contributed by atoms with Crippen molar-refractivity contribution < 1.29 is 33.6 Å². The Hall–Kier alpha value is -1.38. The normalized spacial score (nSPS) is 15.4. The zero-order valence-corrected chi connectivity index (χ0v) is 19.4. The molecule has 0 aliphatic heterocycles. The summed E-state index contributed by atoms with van der Waals surface area (Å²) in [6, 6.07) is 0. The summed E-state index contributed by atoms with van der Waals surface area (Å²) < 4.78 is 22.2. The van der Waals surface area contributed by atoms with Crippen LogP contribution in [0.4, 0.5) is 4.79 Å². The van der Waals surface area contributed by atoms with Gasteiger partial charge >= 0.3 is 12.1 Å². The van der Waals surface area contributed by atoms with E-state index in [1.54, 1.807) is 0 Å². The molecular weight excluding hydrogens is 378 g/mol. The third-order valence-electron chi connectivity index (χ3n) is 4.23. The number of alkyl carbamates (subject to hydrolysis) is 1. The van der Waals surface area contributed by atoms with Crippen LogP contribution in [0.5, 0.6) is 0 Å². The smallest absolute Gasteiger partial charge is 0.407 e. The lowest BCUT2D eigenvalue weighted by molar-refractivity contribution is -0.152. The van der Waals surface area contributed by atoms with E-state index >= 15 is 0 Å². The molecule has 2 atom stereocenters. The molecule has 0 radical (unpaired) electrons. The Balaban J connectivity index is 4.15. The molecule has 0 bridgehead atoms. The van der Waals surface area contributed by atoms with E-state index in [0.29, 0.717) is 39.6 Å². The Labute approximate surface area is 175 Å².